The molecule has 0 bridgehead atoms. The van der Waals surface area contributed by atoms with E-state index in [-0.39, 0.29) is 0 Å². The topological polar surface area (TPSA) is 41.9 Å². The molecule has 0 aromatic heterocycles. The highest BCUT2D eigenvalue weighted by Gasteiger charge is 2.33. The third-order valence-corrected chi connectivity index (χ3v) is 3.29. The lowest BCUT2D eigenvalue weighted by molar-refractivity contribution is -0.151. The predicted octanol–water partition coefficient (Wildman–Crippen LogP) is 0.593. The second-order valence-corrected chi connectivity index (χ2v) is 4.68. The molecule has 2 heterocycles. The van der Waals surface area contributed by atoms with E-state index in [0.717, 1.165) is 26.0 Å². The molecule has 2 fully saturated rings. The van der Waals surface area contributed by atoms with E-state index in [2.05, 4.69) is 18.7 Å². The summed E-state index contributed by atoms with van der Waals surface area (Å²) >= 11 is 0. The van der Waals surface area contributed by atoms with Gasteiger partial charge in [0.25, 0.3) is 0 Å². The Morgan fingerprint density at radius 2 is 1.87 bits per heavy atom. The molecule has 0 saturated carbocycles. The van der Waals surface area contributed by atoms with Gasteiger partial charge in [0.05, 0.1) is 25.4 Å². The zero-order valence-electron chi connectivity index (χ0n) is 9.56. The van der Waals surface area contributed by atoms with E-state index >= 15 is 0 Å². The first-order valence-electron chi connectivity index (χ1n) is 5.84. The number of nitrogens with zero attached hydrogens (tertiary/aromatic N) is 1. The number of aliphatic hydroxyl groups excluding tert-OH is 1. The summed E-state index contributed by atoms with van der Waals surface area (Å²) in [4.78, 5) is 2.17. The van der Waals surface area contributed by atoms with Gasteiger partial charge in [-0.1, -0.05) is 0 Å². The van der Waals surface area contributed by atoms with E-state index in [1.54, 1.807) is 0 Å². The van der Waals surface area contributed by atoms with Crippen LogP contribution in [-0.2, 0) is 9.47 Å². The molecule has 0 radical (unpaired) electrons. The van der Waals surface area contributed by atoms with Crippen molar-refractivity contribution < 1.29 is 14.6 Å². The average Bonchev–Trinajstić information content (AvgIpc) is 2.16. The Labute approximate surface area is 91.2 Å². The van der Waals surface area contributed by atoms with Gasteiger partial charge in [-0.15, -0.1) is 0 Å². The van der Waals surface area contributed by atoms with Crippen molar-refractivity contribution in [3.05, 3.63) is 0 Å². The van der Waals surface area contributed by atoms with Crippen LogP contribution in [0.25, 0.3) is 0 Å². The molecule has 2 rings (SSSR count). The van der Waals surface area contributed by atoms with Crippen molar-refractivity contribution in [2.75, 3.05) is 19.8 Å². The van der Waals surface area contributed by atoms with E-state index in [4.69, 9.17) is 9.47 Å². The summed E-state index contributed by atoms with van der Waals surface area (Å²) in [5.74, 6) is 0. The van der Waals surface area contributed by atoms with E-state index in [9.17, 15) is 5.11 Å². The monoisotopic (exact) mass is 215 g/mol. The van der Waals surface area contributed by atoms with Crippen molar-refractivity contribution in [1.82, 2.24) is 4.90 Å². The number of ether oxygens (including phenoxy) is 2. The number of aliphatic hydroxyl groups is 1. The van der Waals surface area contributed by atoms with Crippen LogP contribution in [0.2, 0.25) is 0 Å². The van der Waals surface area contributed by atoms with Crippen LogP contribution in [-0.4, -0.2) is 54.2 Å². The molecule has 0 aromatic rings. The van der Waals surface area contributed by atoms with Gasteiger partial charge in [-0.3, -0.25) is 4.90 Å². The maximum Gasteiger partial charge on any atom is 0.131 e. The minimum absolute atomic E-state index is 0.300. The van der Waals surface area contributed by atoms with Crippen LogP contribution in [0.5, 0.6) is 0 Å². The number of rotatable bonds is 1. The summed E-state index contributed by atoms with van der Waals surface area (Å²) in [6.07, 6.45) is 2.20. The van der Waals surface area contributed by atoms with E-state index < -0.39 is 6.23 Å². The van der Waals surface area contributed by atoms with Crippen molar-refractivity contribution in [3.8, 4) is 0 Å². The minimum atomic E-state index is -0.429. The van der Waals surface area contributed by atoms with E-state index in [1.807, 2.05) is 0 Å². The molecule has 0 unspecified atom stereocenters. The molecule has 3 atom stereocenters. The first kappa shape index (κ1) is 11.3. The molecule has 2 saturated heterocycles. The molecule has 15 heavy (non-hydrogen) atoms. The fourth-order valence-corrected chi connectivity index (χ4v) is 2.67. The molecule has 0 aromatic carbocycles. The Kier molecular flexibility index (Phi) is 3.61. The Bertz CT molecular complexity index is 202. The zero-order valence-corrected chi connectivity index (χ0v) is 9.56. The highest BCUT2D eigenvalue weighted by atomic mass is 16.5. The molecule has 1 N–H and O–H groups in total. The van der Waals surface area contributed by atoms with Gasteiger partial charge in [0.2, 0.25) is 0 Å². The van der Waals surface area contributed by atoms with Gasteiger partial charge in [0.1, 0.15) is 6.23 Å². The molecule has 0 aliphatic carbocycles. The predicted molar refractivity (Wildman–Crippen MR) is 56.6 cm³/mol. The second-order valence-electron chi connectivity index (χ2n) is 4.68. The smallest absolute Gasteiger partial charge is 0.131 e. The third-order valence-electron chi connectivity index (χ3n) is 3.29. The second kappa shape index (κ2) is 4.78. The van der Waals surface area contributed by atoms with Gasteiger partial charge in [-0.25, -0.2) is 0 Å². The molecular weight excluding hydrogens is 194 g/mol. The van der Waals surface area contributed by atoms with Crippen LogP contribution in [0.4, 0.5) is 0 Å². The summed E-state index contributed by atoms with van der Waals surface area (Å²) in [6.45, 7) is 6.23. The lowest BCUT2D eigenvalue weighted by Gasteiger charge is -2.43. The minimum Gasteiger partial charge on any atom is -0.376 e. The average molecular weight is 215 g/mol. The fourth-order valence-electron chi connectivity index (χ4n) is 2.67. The first-order valence-corrected chi connectivity index (χ1v) is 5.84. The molecule has 2 aliphatic rings. The summed E-state index contributed by atoms with van der Waals surface area (Å²) in [5.41, 5.74) is 0. The standard InChI is InChI=1S/C11H21NO3/c1-8-5-10(6-9(2)15-8)12-3-4-14-7-11(12)13/h8-11,13H,3-7H2,1-2H3/t8-,9-,11+/m0/s1. The molecule has 2 aliphatic heterocycles. The van der Waals surface area contributed by atoms with E-state index in [1.165, 1.54) is 0 Å². The maximum atomic E-state index is 9.85. The van der Waals surface area contributed by atoms with Crippen LogP contribution < -0.4 is 0 Å². The zero-order chi connectivity index (χ0) is 10.8. The molecule has 0 amide bonds. The summed E-state index contributed by atoms with van der Waals surface area (Å²) in [6, 6.07) is 0.447. The van der Waals surface area contributed by atoms with E-state index in [0.29, 0.717) is 24.9 Å². The Hall–Kier alpha value is -0.160. The first-order chi connectivity index (χ1) is 7.16. The largest absolute Gasteiger partial charge is 0.376 e. The summed E-state index contributed by atoms with van der Waals surface area (Å²) in [7, 11) is 0. The SMILES string of the molecule is C[C@H]1CC(N2CCOC[C@H]2O)C[C@H](C)O1. The molecule has 88 valence electrons. The van der Waals surface area contributed by atoms with Gasteiger partial charge in [0.15, 0.2) is 0 Å². The van der Waals surface area contributed by atoms with Crippen LogP contribution in [0.15, 0.2) is 0 Å². The Morgan fingerprint density at radius 3 is 2.47 bits per heavy atom. The highest BCUT2D eigenvalue weighted by molar-refractivity contribution is 4.83. The van der Waals surface area contributed by atoms with Gasteiger partial charge in [0, 0.05) is 12.6 Å². The normalized spacial score (nSPS) is 44.2. The van der Waals surface area contributed by atoms with Crippen molar-refractivity contribution in [3.63, 3.8) is 0 Å². The fraction of sp³-hybridized carbons (Fsp3) is 1.00. The van der Waals surface area contributed by atoms with Crippen LogP contribution in [0, 0.1) is 0 Å². The maximum absolute atomic E-state index is 9.85. The number of hydrogen-bond acceptors (Lipinski definition) is 4. The Balaban J connectivity index is 1.95. The van der Waals surface area contributed by atoms with Gasteiger partial charge >= 0.3 is 0 Å². The lowest BCUT2D eigenvalue weighted by atomic mass is 9.97. The van der Waals surface area contributed by atoms with Crippen molar-refractivity contribution >= 4 is 0 Å². The number of morpholine rings is 1. The molecule has 4 nitrogen and oxygen atoms in total. The van der Waals surface area contributed by atoms with Gasteiger partial charge in [-0.05, 0) is 26.7 Å². The van der Waals surface area contributed by atoms with Crippen molar-refractivity contribution in [2.45, 2.75) is 51.2 Å². The van der Waals surface area contributed by atoms with Crippen LogP contribution in [0.1, 0.15) is 26.7 Å². The van der Waals surface area contributed by atoms with Crippen molar-refractivity contribution in [1.29, 1.82) is 0 Å². The summed E-state index contributed by atoms with van der Waals surface area (Å²) < 4.78 is 10.9. The van der Waals surface area contributed by atoms with Gasteiger partial charge < -0.3 is 14.6 Å². The quantitative estimate of drug-likeness (QED) is 0.695. The van der Waals surface area contributed by atoms with Crippen LogP contribution in [0.3, 0.4) is 0 Å². The molecule has 0 spiro atoms. The molecule has 4 heteroatoms. The van der Waals surface area contributed by atoms with Crippen LogP contribution >= 0.6 is 0 Å². The summed E-state index contributed by atoms with van der Waals surface area (Å²) in [5, 5.41) is 9.85. The van der Waals surface area contributed by atoms with Gasteiger partial charge in [-0.2, -0.15) is 0 Å². The molecular formula is C11H21NO3. The Morgan fingerprint density at radius 1 is 1.20 bits per heavy atom. The number of hydrogen-bond donors (Lipinski definition) is 1. The lowest BCUT2D eigenvalue weighted by Crippen LogP contribution is -2.54. The highest BCUT2D eigenvalue weighted by Crippen LogP contribution is 2.25. The third kappa shape index (κ3) is 2.69. The van der Waals surface area contributed by atoms with Crippen molar-refractivity contribution in [2.24, 2.45) is 0 Å².